The third kappa shape index (κ3) is 2.09. The Hall–Kier alpha value is -2.49. The second-order valence-electron chi connectivity index (χ2n) is 4.80. The molecule has 0 amide bonds. The van der Waals surface area contributed by atoms with Crippen LogP contribution in [0.5, 0.6) is 11.5 Å². The molecule has 4 heteroatoms. The van der Waals surface area contributed by atoms with Gasteiger partial charge in [-0.1, -0.05) is 18.2 Å². The normalized spacial score (nSPS) is 17.2. The number of para-hydroxylation sites is 1. The molecule has 0 saturated heterocycles. The van der Waals surface area contributed by atoms with Crippen molar-refractivity contribution in [1.29, 1.82) is 0 Å². The minimum Gasteiger partial charge on any atom is -0.504 e. The highest BCUT2D eigenvalue weighted by molar-refractivity contribution is 6.03. The molecule has 0 aromatic heterocycles. The van der Waals surface area contributed by atoms with E-state index in [1.165, 1.54) is 7.11 Å². The minimum atomic E-state index is -0.105. The van der Waals surface area contributed by atoms with Gasteiger partial charge in [0.25, 0.3) is 0 Å². The fraction of sp³-hybridized carbons (Fsp3) is 0.188. The van der Waals surface area contributed by atoms with Crippen molar-refractivity contribution in [2.24, 2.45) is 0 Å². The summed E-state index contributed by atoms with van der Waals surface area (Å²) in [5, 5.41) is 13.0. The van der Waals surface area contributed by atoms with Crippen molar-refractivity contribution in [1.82, 2.24) is 0 Å². The van der Waals surface area contributed by atoms with Gasteiger partial charge in [-0.2, -0.15) is 0 Å². The number of hydrogen-bond donors (Lipinski definition) is 2. The highest BCUT2D eigenvalue weighted by atomic mass is 16.5. The van der Waals surface area contributed by atoms with Gasteiger partial charge in [-0.25, -0.2) is 0 Å². The van der Waals surface area contributed by atoms with Crippen molar-refractivity contribution in [2.75, 3.05) is 12.4 Å². The second kappa shape index (κ2) is 4.89. The third-order valence-corrected chi connectivity index (χ3v) is 3.55. The molecule has 1 aliphatic rings. The Morgan fingerprint density at radius 3 is 2.85 bits per heavy atom. The first-order chi connectivity index (χ1) is 9.69. The smallest absolute Gasteiger partial charge is 0.167 e. The van der Waals surface area contributed by atoms with E-state index in [1.54, 1.807) is 18.2 Å². The standard InChI is InChI=1S/C16H15NO3/c1-20-16-8-10(6-7-14(16)18)13-9-15(19)11-4-2-3-5-12(11)17-13/h2-8,13,17-18H,9H2,1H3/t13-/m1/s1. The van der Waals surface area contributed by atoms with E-state index in [1.807, 2.05) is 24.3 Å². The van der Waals surface area contributed by atoms with E-state index in [-0.39, 0.29) is 17.6 Å². The van der Waals surface area contributed by atoms with Crippen molar-refractivity contribution < 1.29 is 14.6 Å². The van der Waals surface area contributed by atoms with Gasteiger partial charge in [-0.3, -0.25) is 4.79 Å². The number of nitrogens with one attached hydrogen (secondary N) is 1. The van der Waals surface area contributed by atoms with E-state index < -0.39 is 0 Å². The van der Waals surface area contributed by atoms with Gasteiger partial charge in [-0.05, 0) is 29.8 Å². The number of anilines is 1. The summed E-state index contributed by atoms with van der Waals surface area (Å²) in [7, 11) is 1.51. The highest BCUT2D eigenvalue weighted by Crippen LogP contribution is 2.35. The average molecular weight is 269 g/mol. The van der Waals surface area contributed by atoms with E-state index in [9.17, 15) is 9.90 Å². The average Bonchev–Trinajstić information content (AvgIpc) is 2.47. The van der Waals surface area contributed by atoms with E-state index in [0.29, 0.717) is 12.2 Å². The number of hydrogen-bond acceptors (Lipinski definition) is 4. The van der Waals surface area contributed by atoms with Crippen LogP contribution in [0.15, 0.2) is 42.5 Å². The van der Waals surface area contributed by atoms with Crippen LogP contribution in [-0.4, -0.2) is 18.0 Å². The maximum Gasteiger partial charge on any atom is 0.167 e. The number of methoxy groups -OCH3 is 1. The lowest BCUT2D eigenvalue weighted by Gasteiger charge is -2.26. The quantitative estimate of drug-likeness (QED) is 0.879. The molecule has 1 atom stereocenters. The molecule has 0 aliphatic carbocycles. The maximum absolute atomic E-state index is 12.2. The molecule has 3 rings (SSSR count). The number of phenols is 1. The fourth-order valence-electron chi connectivity index (χ4n) is 2.50. The van der Waals surface area contributed by atoms with Crippen molar-refractivity contribution in [3.8, 4) is 11.5 Å². The first kappa shape index (κ1) is 12.5. The van der Waals surface area contributed by atoms with Crippen LogP contribution in [0.1, 0.15) is 28.4 Å². The number of phenolic OH excluding ortho intramolecular Hbond substituents is 1. The molecule has 1 aliphatic heterocycles. The van der Waals surface area contributed by atoms with Crippen LogP contribution < -0.4 is 10.1 Å². The minimum absolute atomic E-state index is 0.0961. The van der Waals surface area contributed by atoms with Crippen LogP contribution in [0, 0.1) is 0 Å². The Bertz CT molecular complexity index is 667. The zero-order valence-electron chi connectivity index (χ0n) is 11.1. The number of Topliss-reactive ketones (excluding diaryl/α,β-unsaturated/α-hetero) is 1. The van der Waals surface area contributed by atoms with Gasteiger partial charge in [-0.15, -0.1) is 0 Å². The number of carbonyl (C=O) groups is 1. The molecule has 0 saturated carbocycles. The summed E-state index contributed by atoms with van der Waals surface area (Å²) in [5.41, 5.74) is 2.50. The molecule has 0 bridgehead atoms. The number of benzene rings is 2. The van der Waals surface area contributed by atoms with Crippen LogP contribution >= 0.6 is 0 Å². The molecular formula is C16H15NO3. The molecule has 0 fully saturated rings. The molecular weight excluding hydrogens is 254 g/mol. The lowest BCUT2D eigenvalue weighted by molar-refractivity contribution is 0.0972. The van der Waals surface area contributed by atoms with Gasteiger partial charge >= 0.3 is 0 Å². The molecule has 0 unspecified atom stereocenters. The van der Waals surface area contributed by atoms with E-state index in [4.69, 9.17) is 4.74 Å². The number of fused-ring (bicyclic) bond motifs is 1. The Morgan fingerprint density at radius 2 is 2.05 bits per heavy atom. The summed E-state index contributed by atoms with van der Waals surface area (Å²) in [6.45, 7) is 0. The lowest BCUT2D eigenvalue weighted by atomic mass is 9.92. The number of carbonyl (C=O) groups excluding carboxylic acids is 1. The van der Waals surface area contributed by atoms with Crippen LogP contribution in [0.25, 0.3) is 0 Å². The van der Waals surface area contributed by atoms with Crippen molar-refractivity contribution in [2.45, 2.75) is 12.5 Å². The van der Waals surface area contributed by atoms with Gasteiger partial charge in [0.05, 0.1) is 13.2 Å². The molecule has 0 radical (unpaired) electrons. The van der Waals surface area contributed by atoms with E-state index in [0.717, 1.165) is 16.8 Å². The largest absolute Gasteiger partial charge is 0.504 e. The summed E-state index contributed by atoms with van der Waals surface area (Å²) >= 11 is 0. The van der Waals surface area contributed by atoms with Crippen LogP contribution in [0.2, 0.25) is 0 Å². The zero-order chi connectivity index (χ0) is 14.1. The van der Waals surface area contributed by atoms with Gasteiger partial charge < -0.3 is 15.2 Å². The number of ether oxygens (including phenoxy) is 1. The molecule has 2 aromatic carbocycles. The predicted octanol–water partition coefficient (Wildman–Crippen LogP) is 3.14. The fourth-order valence-corrected chi connectivity index (χ4v) is 2.50. The Kier molecular flexibility index (Phi) is 3.06. The molecule has 2 aromatic rings. The third-order valence-electron chi connectivity index (χ3n) is 3.55. The molecule has 2 N–H and O–H groups in total. The Labute approximate surface area is 117 Å². The summed E-state index contributed by atoms with van der Waals surface area (Å²) in [6, 6.07) is 12.5. The number of ketones is 1. The summed E-state index contributed by atoms with van der Waals surface area (Å²) in [5.74, 6) is 0.630. The molecule has 4 nitrogen and oxygen atoms in total. The lowest BCUT2D eigenvalue weighted by Crippen LogP contribution is -2.22. The Morgan fingerprint density at radius 1 is 1.25 bits per heavy atom. The van der Waals surface area contributed by atoms with Gasteiger partial charge in [0, 0.05) is 17.7 Å². The van der Waals surface area contributed by atoms with Crippen LogP contribution in [0.4, 0.5) is 5.69 Å². The SMILES string of the molecule is COc1cc([C@H]2CC(=O)c3ccccc3N2)ccc1O. The first-order valence-corrected chi connectivity index (χ1v) is 6.44. The molecule has 102 valence electrons. The number of rotatable bonds is 2. The first-order valence-electron chi connectivity index (χ1n) is 6.44. The van der Waals surface area contributed by atoms with Crippen LogP contribution in [-0.2, 0) is 0 Å². The molecule has 0 spiro atoms. The predicted molar refractivity (Wildman–Crippen MR) is 76.4 cm³/mol. The maximum atomic E-state index is 12.2. The van der Waals surface area contributed by atoms with Crippen molar-refractivity contribution >= 4 is 11.5 Å². The second-order valence-corrected chi connectivity index (χ2v) is 4.80. The Balaban J connectivity index is 1.95. The molecule has 1 heterocycles. The van der Waals surface area contributed by atoms with E-state index >= 15 is 0 Å². The molecule has 20 heavy (non-hydrogen) atoms. The van der Waals surface area contributed by atoms with Crippen molar-refractivity contribution in [3.05, 3.63) is 53.6 Å². The van der Waals surface area contributed by atoms with Crippen LogP contribution in [0.3, 0.4) is 0 Å². The summed E-state index contributed by atoms with van der Waals surface area (Å²) < 4.78 is 5.11. The highest BCUT2D eigenvalue weighted by Gasteiger charge is 2.25. The monoisotopic (exact) mass is 269 g/mol. The topological polar surface area (TPSA) is 58.6 Å². The summed E-state index contributed by atoms with van der Waals surface area (Å²) in [4.78, 5) is 12.2. The van der Waals surface area contributed by atoms with E-state index in [2.05, 4.69) is 5.32 Å². The number of aromatic hydroxyl groups is 1. The van der Waals surface area contributed by atoms with Gasteiger partial charge in [0.15, 0.2) is 17.3 Å². The summed E-state index contributed by atoms with van der Waals surface area (Å²) in [6.07, 6.45) is 0.394. The van der Waals surface area contributed by atoms with Crippen molar-refractivity contribution in [3.63, 3.8) is 0 Å². The van der Waals surface area contributed by atoms with Gasteiger partial charge in [0.2, 0.25) is 0 Å². The zero-order valence-corrected chi connectivity index (χ0v) is 11.1. The van der Waals surface area contributed by atoms with Gasteiger partial charge in [0.1, 0.15) is 0 Å².